The molecule has 2 rings (SSSR count). The summed E-state index contributed by atoms with van der Waals surface area (Å²) in [4.78, 5) is 6.13. The van der Waals surface area contributed by atoms with Gasteiger partial charge in [-0.25, -0.2) is 4.98 Å². The van der Waals surface area contributed by atoms with Crippen LogP contribution >= 0.6 is 22.9 Å². The summed E-state index contributed by atoms with van der Waals surface area (Å²) in [6.07, 6.45) is 0.856. The third kappa shape index (κ3) is 3.78. The molecule has 0 spiro atoms. The highest BCUT2D eigenvalue weighted by Gasteiger charge is 2.13. The van der Waals surface area contributed by atoms with Crippen LogP contribution in [0.15, 0.2) is 24.3 Å². The van der Waals surface area contributed by atoms with Crippen LogP contribution in [0.2, 0.25) is 5.02 Å². The first-order valence-corrected chi connectivity index (χ1v) is 7.67. The molecule has 0 atom stereocenters. The first kappa shape index (κ1) is 14.5. The predicted molar refractivity (Wildman–Crippen MR) is 83.2 cm³/mol. The van der Waals surface area contributed by atoms with Crippen molar-refractivity contribution < 1.29 is 0 Å². The molecule has 0 saturated heterocycles. The van der Waals surface area contributed by atoms with Crippen molar-refractivity contribution in [3.8, 4) is 0 Å². The molecule has 2 nitrogen and oxygen atoms in total. The first-order chi connectivity index (χ1) is 9.10. The SMILES string of the molecule is CNCc1sc(Cc2cccc(Cl)c2)nc1C(C)C. The molecule has 1 aromatic heterocycles. The number of nitrogens with zero attached hydrogens (tertiary/aromatic N) is 1. The molecule has 1 N–H and O–H groups in total. The van der Waals surface area contributed by atoms with Gasteiger partial charge in [-0.15, -0.1) is 11.3 Å². The summed E-state index contributed by atoms with van der Waals surface area (Å²) in [5, 5.41) is 5.16. The summed E-state index contributed by atoms with van der Waals surface area (Å²) in [6.45, 7) is 5.27. The fraction of sp³-hybridized carbons (Fsp3) is 0.400. The Morgan fingerprint density at radius 2 is 2.16 bits per heavy atom. The molecule has 0 aliphatic heterocycles. The van der Waals surface area contributed by atoms with Gasteiger partial charge in [0, 0.05) is 22.9 Å². The van der Waals surface area contributed by atoms with E-state index in [0.29, 0.717) is 5.92 Å². The van der Waals surface area contributed by atoms with Crippen molar-refractivity contribution in [3.05, 3.63) is 50.4 Å². The molecule has 1 heterocycles. The Morgan fingerprint density at radius 3 is 2.79 bits per heavy atom. The van der Waals surface area contributed by atoms with Gasteiger partial charge in [-0.3, -0.25) is 0 Å². The number of hydrogen-bond acceptors (Lipinski definition) is 3. The predicted octanol–water partition coefficient (Wildman–Crippen LogP) is 4.23. The fourth-order valence-corrected chi connectivity index (χ4v) is 3.53. The summed E-state index contributed by atoms with van der Waals surface area (Å²) < 4.78 is 0. The molecule has 0 aliphatic rings. The van der Waals surface area contributed by atoms with Gasteiger partial charge in [-0.1, -0.05) is 37.6 Å². The number of benzene rings is 1. The van der Waals surface area contributed by atoms with Crippen LogP contribution in [0.3, 0.4) is 0 Å². The van der Waals surface area contributed by atoms with Gasteiger partial charge in [-0.2, -0.15) is 0 Å². The van der Waals surface area contributed by atoms with E-state index in [1.54, 1.807) is 11.3 Å². The average molecular weight is 295 g/mol. The van der Waals surface area contributed by atoms with Crippen LogP contribution in [0.1, 0.15) is 40.9 Å². The molecule has 0 saturated carbocycles. The average Bonchev–Trinajstić information content (AvgIpc) is 2.73. The Balaban J connectivity index is 2.23. The Labute approximate surface area is 123 Å². The molecule has 0 amide bonds. The second-order valence-corrected chi connectivity index (χ2v) is 6.51. The van der Waals surface area contributed by atoms with Crippen molar-refractivity contribution in [2.45, 2.75) is 32.7 Å². The number of rotatable bonds is 5. The van der Waals surface area contributed by atoms with Gasteiger partial charge in [0.05, 0.1) is 10.7 Å². The van der Waals surface area contributed by atoms with Crippen LogP contribution in [-0.4, -0.2) is 12.0 Å². The van der Waals surface area contributed by atoms with Crippen molar-refractivity contribution in [2.75, 3.05) is 7.05 Å². The summed E-state index contributed by atoms with van der Waals surface area (Å²) in [6, 6.07) is 8.00. The van der Waals surface area contributed by atoms with Gasteiger partial charge in [-0.05, 0) is 30.7 Å². The van der Waals surface area contributed by atoms with E-state index in [0.717, 1.165) is 23.0 Å². The number of aromatic nitrogens is 1. The van der Waals surface area contributed by atoms with Crippen LogP contribution < -0.4 is 5.32 Å². The molecule has 0 bridgehead atoms. The normalized spacial score (nSPS) is 11.2. The minimum Gasteiger partial charge on any atom is -0.315 e. The standard InChI is InChI=1S/C15H19ClN2S/c1-10(2)15-13(9-17-3)19-14(18-15)8-11-5-4-6-12(16)7-11/h4-7,10,17H,8-9H2,1-3H3. The van der Waals surface area contributed by atoms with E-state index in [1.807, 2.05) is 25.2 Å². The molecule has 0 radical (unpaired) electrons. The summed E-state index contributed by atoms with van der Waals surface area (Å²) in [5.74, 6) is 0.465. The molecule has 19 heavy (non-hydrogen) atoms. The lowest BCUT2D eigenvalue weighted by Crippen LogP contribution is -2.06. The molecule has 0 aliphatic carbocycles. The lowest BCUT2D eigenvalue weighted by molar-refractivity contribution is 0.768. The molecule has 0 fully saturated rings. The Hall–Kier alpha value is -0.900. The zero-order valence-corrected chi connectivity index (χ0v) is 13.1. The maximum Gasteiger partial charge on any atom is 0.0975 e. The van der Waals surface area contributed by atoms with Gasteiger partial charge < -0.3 is 5.32 Å². The molecular weight excluding hydrogens is 276 g/mol. The van der Waals surface area contributed by atoms with Crippen LogP contribution in [0.25, 0.3) is 0 Å². The van der Waals surface area contributed by atoms with E-state index in [-0.39, 0.29) is 0 Å². The monoisotopic (exact) mass is 294 g/mol. The first-order valence-electron chi connectivity index (χ1n) is 6.47. The van der Waals surface area contributed by atoms with Crippen LogP contribution in [0, 0.1) is 0 Å². The van der Waals surface area contributed by atoms with Crippen molar-refractivity contribution in [2.24, 2.45) is 0 Å². The van der Waals surface area contributed by atoms with Gasteiger partial charge in [0.1, 0.15) is 0 Å². The molecule has 2 aromatic rings. The summed E-state index contributed by atoms with van der Waals surface area (Å²) in [5.41, 5.74) is 2.43. The van der Waals surface area contributed by atoms with Crippen LogP contribution in [-0.2, 0) is 13.0 Å². The molecule has 102 valence electrons. The summed E-state index contributed by atoms with van der Waals surface area (Å²) >= 11 is 7.82. The molecule has 0 unspecified atom stereocenters. The molecule has 1 aromatic carbocycles. The van der Waals surface area contributed by atoms with Crippen molar-refractivity contribution >= 4 is 22.9 Å². The highest BCUT2D eigenvalue weighted by Crippen LogP contribution is 2.27. The minimum atomic E-state index is 0.465. The van der Waals surface area contributed by atoms with E-state index < -0.39 is 0 Å². The maximum absolute atomic E-state index is 6.02. The second kappa shape index (κ2) is 6.51. The van der Waals surface area contributed by atoms with E-state index in [4.69, 9.17) is 16.6 Å². The number of thiazole rings is 1. The summed E-state index contributed by atoms with van der Waals surface area (Å²) in [7, 11) is 1.97. The number of halogens is 1. The Bertz CT molecular complexity index is 549. The number of nitrogens with one attached hydrogen (secondary N) is 1. The van der Waals surface area contributed by atoms with E-state index in [2.05, 4.69) is 25.2 Å². The van der Waals surface area contributed by atoms with Crippen molar-refractivity contribution in [1.82, 2.24) is 10.3 Å². The van der Waals surface area contributed by atoms with Gasteiger partial charge in [0.15, 0.2) is 0 Å². The Kier molecular flexibility index (Phi) is 4.97. The van der Waals surface area contributed by atoms with Gasteiger partial charge in [0.2, 0.25) is 0 Å². The van der Waals surface area contributed by atoms with E-state index in [1.165, 1.54) is 16.1 Å². The zero-order chi connectivity index (χ0) is 13.8. The third-order valence-corrected chi connectivity index (χ3v) is 4.21. The van der Waals surface area contributed by atoms with Crippen molar-refractivity contribution in [3.63, 3.8) is 0 Å². The lowest BCUT2D eigenvalue weighted by Gasteiger charge is -2.03. The smallest absolute Gasteiger partial charge is 0.0975 e. The molecular formula is C15H19ClN2S. The topological polar surface area (TPSA) is 24.9 Å². The minimum absolute atomic E-state index is 0.465. The highest BCUT2D eigenvalue weighted by atomic mass is 35.5. The zero-order valence-electron chi connectivity index (χ0n) is 11.5. The number of hydrogen-bond donors (Lipinski definition) is 1. The quantitative estimate of drug-likeness (QED) is 0.892. The highest BCUT2D eigenvalue weighted by molar-refractivity contribution is 7.11. The van der Waals surface area contributed by atoms with Crippen LogP contribution in [0.4, 0.5) is 0 Å². The lowest BCUT2D eigenvalue weighted by atomic mass is 10.1. The second-order valence-electron chi connectivity index (χ2n) is 4.91. The van der Waals surface area contributed by atoms with Crippen LogP contribution in [0.5, 0.6) is 0 Å². The van der Waals surface area contributed by atoms with E-state index in [9.17, 15) is 0 Å². The Morgan fingerprint density at radius 1 is 1.37 bits per heavy atom. The van der Waals surface area contributed by atoms with Gasteiger partial charge >= 0.3 is 0 Å². The third-order valence-electron chi connectivity index (χ3n) is 2.90. The maximum atomic E-state index is 6.02. The van der Waals surface area contributed by atoms with Gasteiger partial charge in [0.25, 0.3) is 0 Å². The largest absolute Gasteiger partial charge is 0.315 e. The van der Waals surface area contributed by atoms with Crippen molar-refractivity contribution in [1.29, 1.82) is 0 Å². The van der Waals surface area contributed by atoms with E-state index >= 15 is 0 Å². The fourth-order valence-electron chi connectivity index (χ4n) is 2.05. The molecule has 4 heteroatoms.